The van der Waals surface area contributed by atoms with Crippen molar-refractivity contribution in [2.24, 2.45) is 0 Å². The average Bonchev–Trinajstić information content (AvgIpc) is 3.17. The molecule has 1 saturated carbocycles. The molecule has 2 aromatic heterocycles. The highest BCUT2D eigenvalue weighted by molar-refractivity contribution is 7.17. The Hall–Kier alpha value is -2.34. The Balaban J connectivity index is 1.56. The van der Waals surface area contributed by atoms with Crippen LogP contribution in [0, 0.1) is 0 Å². The molecule has 1 fully saturated rings. The van der Waals surface area contributed by atoms with Crippen molar-refractivity contribution < 1.29 is 4.79 Å². The van der Waals surface area contributed by atoms with Crippen LogP contribution in [-0.2, 0) is 0 Å². The van der Waals surface area contributed by atoms with Gasteiger partial charge in [-0.3, -0.25) is 4.79 Å². The fourth-order valence-electron chi connectivity index (χ4n) is 2.84. The second-order valence-electron chi connectivity index (χ2n) is 6.00. The molecule has 0 bridgehead atoms. The topological polar surface area (TPSA) is 72.9 Å². The molecule has 3 N–H and O–H groups in total. The predicted molar refractivity (Wildman–Crippen MR) is 92.6 cm³/mol. The zero-order valence-corrected chi connectivity index (χ0v) is 13.6. The third-order valence-corrected chi connectivity index (χ3v) is 5.28. The van der Waals surface area contributed by atoms with Gasteiger partial charge in [0.1, 0.15) is 11.4 Å². The lowest BCUT2D eigenvalue weighted by Crippen LogP contribution is -2.27. The molecule has 0 saturated heterocycles. The summed E-state index contributed by atoms with van der Waals surface area (Å²) in [6.07, 6.45) is 3.75. The summed E-state index contributed by atoms with van der Waals surface area (Å²) in [5.41, 5.74) is 7.66. The molecule has 0 unspecified atom stereocenters. The zero-order chi connectivity index (χ0) is 16.0. The third-order valence-electron chi connectivity index (χ3n) is 4.30. The molecule has 4 rings (SSSR count). The second-order valence-corrected chi connectivity index (χ2v) is 6.91. The minimum absolute atomic E-state index is 0.0812. The van der Waals surface area contributed by atoms with Crippen molar-refractivity contribution in [1.82, 2.24) is 15.1 Å². The molecule has 1 aromatic carbocycles. The molecule has 0 radical (unpaired) electrons. The molecule has 1 aliphatic carbocycles. The average molecular weight is 326 g/mol. The first-order chi connectivity index (χ1) is 11.1. The van der Waals surface area contributed by atoms with Crippen molar-refractivity contribution in [3.8, 4) is 0 Å². The van der Waals surface area contributed by atoms with Crippen LogP contribution < -0.4 is 11.1 Å². The second kappa shape index (κ2) is 5.38. The molecule has 118 valence electrons. The van der Waals surface area contributed by atoms with Gasteiger partial charge in [0.25, 0.3) is 5.91 Å². The Labute approximate surface area is 138 Å². The van der Waals surface area contributed by atoms with E-state index in [9.17, 15) is 4.79 Å². The van der Waals surface area contributed by atoms with Gasteiger partial charge in [-0.05, 0) is 42.2 Å². The number of rotatable bonds is 4. The van der Waals surface area contributed by atoms with Gasteiger partial charge in [-0.25, -0.2) is 4.68 Å². The molecule has 23 heavy (non-hydrogen) atoms. The maximum absolute atomic E-state index is 12.5. The van der Waals surface area contributed by atoms with E-state index >= 15 is 0 Å². The SMILES string of the molecule is C[C@H](NC(=O)c1cnn(C2CC2)c1N)c1csc2ccccc12. The number of hydrogen-bond donors (Lipinski definition) is 2. The van der Waals surface area contributed by atoms with E-state index < -0.39 is 0 Å². The number of carbonyl (C=O) groups is 1. The van der Waals surface area contributed by atoms with Crippen molar-refractivity contribution in [3.63, 3.8) is 0 Å². The van der Waals surface area contributed by atoms with Gasteiger partial charge in [0.2, 0.25) is 0 Å². The Morgan fingerprint density at radius 3 is 3.00 bits per heavy atom. The zero-order valence-electron chi connectivity index (χ0n) is 12.8. The molecule has 1 atom stereocenters. The molecule has 0 spiro atoms. The van der Waals surface area contributed by atoms with Crippen LogP contribution in [0.15, 0.2) is 35.8 Å². The number of anilines is 1. The molecule has 3 aromatic rings. The van der Waals surface area contributed by atoms with Gasteiger partial charge in [-0.2, -0.15) is 5.10 Å². The number of aromatic nitrogens is 2. The van der Waals surface area contributed by atoms with Crippen LogP contribution in [0.1, 0.15) is 47.8 Å². The molecule has 1 amide bonds. The predicted octanol–water partition coefficient (Wildman–Crippen LogP) is 3.51. The summed E-state index contributed by atoms with van der Waals surface area (Å²) in [4.78, 5) is 12.5. The first kappa shape index (κ1) is 14.3. The first-order valence-electron chi connectivity index (χ1n) is 7.75. The quantitative estimate of drug-likeness (QED) is 0.770. The van der Waals surface area contributed by atoms with Crippen LogP contribution in [0.3, 0.4) is 0 Å². The van der Waals surface area contributed by atoms with E-state index in [0.717, 1.165) is 18.4 Å². The lowest BCUT2D eigenvalue weighted by atomic mass is 10.1. The number of nitrogens with two attached hydrogens (primary N) is 1. The van der Waals surface area contributed by atoms with Crippen LogP contribution in [0.5, 0.6) is 0 Å². The van der Waals surface area contributed by atoms with E-state index in [1.807, 2.05) is 19.1 Å². The Morgan fingerprint density at radius 1 is 1.43 bits per heavy atom. The van der Waals surface area contributed by atoms with Crippen molar-refractivity contribution in [2.75, 3.05) is 5.73 Å². The van der Waals surface area contributed by atoms with Gasteiger partial charge in [0, 0.05) is 4.70 Å². The van der Waals surface area contributed by atoms with Crippen LogP contribution in [0.25, 0.3) is 10.1 Å². The third kappa shape index (κ3) is 2.49. The van der Waals surface area contributed by atoms with E-state index in [-0.39, 0.29) is 11.9 Å². The van der Waals surface area contributed by atoms with Crippen molar-refractivity contribution in [2.45, 2.75) is 31.8 Å². The fraction of sp³-hybridized carbons (Fsp3) is 0.294. The van der Waals surface area contributed by atoms with Crippen LogP contribution in [-0.4, -0.2) is 15.7 Å². The molecular weight excluding hydrogens is 308 g/mol. The van der Waals surface area contributed by atoms with Crippen LogP contribution in [0.2, 0.25) is 0 Å². The van der Waals surface area contributed by atoms with Gasteiger partial charge in [-0.15, -0.1) is 11.3 Å². The molecular formula is C17H18N4OS. The van der Waals surface area contributed by atoms with Crippen LogP contribution in [0.4, 0.5) is 5.82 Å². The maximum atomic E-state index is 12.5. The van der Waals surface area contributed by atoms with Gasteiger partial charge in [0.15, 0.2) is 0 Å². The summed E-state index contributed by atoms with van der Waals surface area (Å²) in [5, 5.41) is 10.6. The Kier molecular flexibility index (Phi) is 3.34. The summed E-state index contributed by atoms with van der Waals surface area (Å²) >= 11 is 1.69. The number of benzene rings is 1. The van der Waals surface area contributed by atoms with Crippen LogP contribution >= 0.6 is 11.3 Å². The first-order valence-corrected chi connectivity index (χ1v) is 8.63. The summed E-state index contributed by atoms with van der Waals surface area (Å²) in [5.74, 6) is 0.296. The number of hydrogen-bond acceptors (Lipinski definition) is 4. The molecule has 6 heteroatoms. The Morgan fingerprint density at radius 2 is 2.22 bits per heavy atom. The number of nitrogens with zero attached hydrogens (tertiary/aromatic N) is 2. The van der Waals surface area contributed by atoms with Crippen molar-refractivity contribution in [1.29, 1.82) is 0 Å². The van der Waals surface area contributed by atoms with E-state index in [0.29, 0.717) is 17.4 Å². The number of nitrogens with one attached hydrogen (secondary N) is 1. The van der Waals surface area contributed by atoms with Gasteiger partial charge >= 0.3 is 0 Å². The lowest BCUT2D eigenvalue weighted by Gasteiger charge is -2.13. The minimum atomic E-state index is -0.169. The summed E-state index contributed by atoms with van der Waals surface area (Å²) < 4.78 is 2.99. The lowest BCUT2D eigenvalue weighted by molar-refractivity contribution is 0.0941. The number of amides is 1. The largest absolute Gasteiger partial charge is 0.383 e. The van der Waals surface area contributed by atoms with E-state index in [1.165, 1.54) is 10.1 Å². The minimum Gasteiger partial charge on any atom is -0.383 e. The van der Waals surface area contributed by atoms with Gasteiger partial charge < -0.3 is 11.1 Å². The number of carbonyl (C=O) groups excluding carboxylic acids is 1. The number of nitrogen functional groups attached to an aromatic ring is 1. The standard InChI is InChI=1S/C17H18N4OS/c1-10(14-9-23-15-5-3-2-4-12(14)15)20-17(22)13-8-19-21(16(13)18)11-6-7-11/h2-5,8-11H,6-7,18H2,1H3,(H,20,22)/t10-/m0/s1. The highest BCUT2D eigenvalue weighted by atomic mass is 32.1. The van der Waals surface area contributed by atoms with E-state index in [1.54, 1.807) is 22.2 Å². The highest BCUT2D eigenvalue weighted by Crippen LogP contribution is 2.37. The Bertz CT molecular complexity index is 878. The molecule has 2 heterocycles. The summed E-state index contributed by atoms with van der Waals surface area (Å²) in [6.45, 7) is 1.99. The molecule has 5 nitrogen and oxygen atoms in total. The van der Waals surface area contributed by atoms with Crippen molar-refractivity contribution >= 4 is 33.1 Å². The monoisotopic (exact) mass is 326 g/mol. The van der Waals surface area contributed by atoms with E-state index in [2.05, 4.69) is 27.9 Å². The van der Waals surface area contributed by atoms with Crippen molar-refractivity contribution in [3.05, 3.63) is 47.0 Å². The molecule has 0 aliphatic heterocycles. The fourth-order valence-corrected chi connectivity index (χ4v) is 3.90. The smallest absolute Gasteiger partial charge is 0.257 e. The molecule has 1 aliphatic rings. The summed E-state index contributed by atoms with van der Waals surface area (Å²) in [6, 6.07) is 8.51. The highest BCUT2D eigenvalue weighted by Gasteiger charge is 2.28. The normalized spacial score (nSPS) is 15.7. The summed E-state index contributed by atoms with van der Waals surface area (Å²) in [7, 11) is 0. The van der Waals surface area contributed by atoms with Gasteiger partial charge in [-0.1, -0.05) is 18.2 Å². The van der Waals surface area contributed by atoms with Gasteiger partial charge in [0.05, 0.1) is 18.3 Å². The van der Waals surface area contributed by atoms with E-state index in [4.69, 9.17) is 5.73 Å². The number of thiophene rings is 1. The maximum Gasteiger partial charge on any atom is 0.257 e. The number of fused-ring (bicyclic) bond motifs is 1.